The second-order valence-corrected chi connectivity index (χ2v) is 17.1. The third kappa shape index (κ3) is 15.7. The van der Waals surface area contributed by atoms with Gasteiger partial charge in [-0.3, -0.25) is 47.9 Å². The molecule has 21 nitrogen and oxygen atoms in total. The van der Waals surface area contributed by atoms with Gasteiger partial charge >= 0.3 is 5.97 Å². The highest BCUT2D eigenvalue weighted by Crippen LogP contribution is 2.35. The minimum absolute atomic E-state index is 0.0274. The van der Waals surface area contributed by atoms with Gasteiger partial charge in [-0.25, -0.2) is 0 Å². The van der Waals surface area contributed by atoms with Crippen LogP contribution in [0.1, 0.15) is 64.4 Å². The second-order valence-electron chi connectivity index (χ2n) is 15.2. The quantitative estimate of drug-likeness (QED) is 0.116. The van der Waals surface area contributed by atoms with E-state index in [1.54, 1.807) is 30.3 Å². The second kappa shape index (κ2) is 24.4. The SMILES string of the molecule is CC(=O)N[C@H]1CCCCn2cc3ccsc3c2SC[C@@H](C(N)=O)NC(=O)[C@H](CCC(N)=O)NC(=O)[C@H](Cc2ccccc2)NC(=O)[C@H](C)NC(=O)[C@H](CCC(=O)O)NC(=O)CNC1=O. The molecule has 1 aliphatic rings. The predicted molar refractivity (Wildman–Crippen MR) is 235 cm³/mol. The summed E-state index contributed by atoms with van der Waals surface area (Å²) in [5.74, 6) is -8.53. The Morgan fingerprint density at radius 3 is 2.14 bits per heavy atom. The fraction of sp³-hybridized carbons (Fsp3) is 0.463. The molecule has 4 rings (SSSR count). The van der Waals surface area contributed by atoms with Crippen LogP contribution in [0.25, 0.3) is 10.1 Å². The van der Waals surface area contributed by atoms with E-state index in [4.69, 9.17) is 11.5 Å². The van der Waals surface area contributed by atoms with E-state index < -0.39 is 115 Å². The van der Waals surface area contributed by atoms with Gasteiger partial charge in [0.05, 0.1) is 16.3 Å². The molecule has 0 saturated heterocycles. The summed E-state index contributed by atoms with van der Waals surface area (Å²) in [5, 5.41) is 30.5. The molecule has 0 aliphatic carbocycles. The van der Waals surface area contributed by atoms with Crippen LogP contribution in [-0.2, 0) is 60.9 Å². The lowest BCUT2D eigenvalue weighted by Crippen LogP contribution is -2.59. The number of benzene rings is 1. The molecule has 12 N–H and O–H groups in total. The number of aryl methyl sites for hydroxylation is 1. The molecule has 0 bridgehead atoms. The molecule has 1 aromatic carbocycles. The zero-order valence-corrected chi connectivity index (χ0v) is 36.9. The van der Waals surface area contributed by atoms with E-state index in [0.717, 1.165) is 15.1 Å². The summed E-state index contributed by atoms with van der Waals surface area (Å²) in [4.78, 5) is 129. The number of hydrogen-bond acceptors (Lipinski definition) is 12. The molecule has 0 spiro atoms. The van der Waals surface area contributed by atoms with Gasteiger partial charge < -0.3 is 58.4 Å². The standard InChI is InChI=1S/C41H54N10O11S2/c1-22-36(58)49-29(18-24-8-4-3-5-9-24)40(62)48-28(11-13-31(42)53)39(61)50-30(35(43)57)21-64-41-34-25(15-17-63-34)20-51(41)16-7-6-10-26(46-23(2)52)37(59)44-19-32(54)47-27(38(60)45-22)12-14-33(55)56/h3-5,8-9,15,17,20,22,26-30H,6-7,10-14,16,18-19,21H2,1-2H3,(H2,42,53)(H2,43,57)(H,44,59)(H,45,60)(H,46,52)(H,47,54)(H,48,62)(H,49,58)(H,50,61)(H,55,56)/t22-,26-,27-,28-,29-,30-/m0/s1. The third-order valence-electron chi connectivity index (χ3n) is 10.0. The lowest BCUT2D eigenvalue weighted by Gasteiger charge is -2.26. The number of thiophene rings is 1. The van der Waals surface area contributed by atoms with E-state index in [0.29, 0.717) is 24.9 Å². The average Bonchev–Trinajstić information content (AvgIpc) is 3.83. The van der Waals surface area contributed by atoms with Crippen molar-refractivity contribution in [2.24, 2.45) is 11.5 Å². The lowest BCUT2D eigenvalue weighted by atomic mass is 10.0. The molecule has 3 aromatic rings. The summed E-state index contributed by atoms with van der Waals surface area (Å²) in [6, 6.07) is 2.49. The van der Waals surface area contributed by atoms with Gasteiger partial charge in [0, 0.05) is 50.1 Å². The number of rotatable bonds is 10. The summed E-state index contributed by atoms with van der Waals surface area (Å²) < 4.78 is 2.87. The Morgan fingerprint density at radius 1 is 0.812 bits per heavy atom. The number of nitrogens with one attached hydrogen (secondary N) is 7. The molecule has 0 unspecified atom stereocenters. The number of thioether (sulfide) groups is 1. The van der Waals surface area contributed by atoms with Crippen LogP contribution in [0.5, 0.6) is 0 Å². The number of carboxylic acid groups (broad SMARTS) is 1. The highest BCUT2D eigenvalue weighted by atomic mass is 32.2. The zero-order valence-electron chi connectivity index (χ0n) is 35.3. The first-order valence-corrected chi connectivity index (χ1v) is 22.4. The van der Waals surface area contributed by atoms with Crippen LogP contribution in [0.15, 0.2) is 53.0 Å². The summed E-state index contributed by atoms with van der Waals surface area (Å²) in [5.41, 5.74) is 11.8. The summed E-state index contributed by atoms with van der Waals surface area (Å²) in [6.07, 6.45) is 1.39. The van der Waals surface area contributed by atoms with Crippen LogP contribution in [0.4, 0.5) is 0 Å². The maximum Gasteiger partial charge on any atom is 0.303 e. The van der Waals surface area contributed by atoms with Crippen LogP contribution < -0.4 is 48.7 Å². The minimum Gasteiger partial charge on any atom is -0.481 e. The van der Waals surface area contributed by atoms with Crippen LogP contribution in [0.3, 0.4) is 0 Å². The maximum atomic E-state index is 14.0. The predicted octanol–water partition coefficient (Wildman–Crippen LogP) is -1.10. The zero-order chi connectivity index (χ0) is 46.9. The van der Waals surface area contributed by atoms with E-state index in [1.807, 2.05) is 22.2 Å². The fourth-order valence-corrected chi connectivity index (χ4v) is 8.95. The first kappa shape index (κ1) is 50.2. The van der Waals surface area contributed by atoms with Crippen LogP contribution in [0, 0.1) is 0 Å². The molecule has 6 atom stereocenters. The molecule has 0 radical (unpaired) electrons. The van der Waals surface area contributed by atoms with Crippen molar-refractivity contribution in [1.29, 1.82) is 0 Å². The van der Waals surface area contributed by atoms with Crippen molar-refractivity contribution in [3.63, 3.8) is 0 Å². The Kier molecular flexibility index (Phi) is 19.1. The number of primary amides is 2. The number of aromatic nitrogens is 1. The van der Waals surface area contributed by atoms with Crippen molar-refractivity contribution in [3.05, 3.63) is 53.5 Å². The smallest absolute Gasteiger partial charge is 0.303 e. The van der Waals surface area contributed by atoms with E-state index in [1.165, 1.54) is 36.9 Å². The molecule has 0 saturated carbocycles. The van der Waals surface area contributed by atoms with Gasteiger partial charge in [0.15, 0.2) is 0 Å². The monoisotopic (exact) mass is 926 g/mol. The fourth-order valence-electron chi connectivity index (χ4n) is 6.68. The summed E-state index contributed by atoms with van der Waals surface area (Å²) >= 11 is 2.72. The van der Waals surface area contributed by atoms with Gasteiger partial charge in [-0.15, -0.1) is 23.1 Å². The number of carboxylic acids is 1. The van der Waals surface area contributed by atoms with Crippen LogP contribution in [0.2, 0.25) is 0 Å². The molecular formula is C41H54N10O11S2. The molecule has 9 amide bonds. The Morgan fingerprint density at radius 2 is 1.47 bits per heavy atom. The van der Waals surface area contributed by atoms with E-state index in [2.05, 4.69) is 37.2 Å². The molecule has 23 heteroatoms. The van der Waals surface area contributed by atoms with Crippen LogP contribution >= 0.6 is 23.1 Å². The van der Waals surface area contributed by atoms with E-state index >= 15 is 0 Å². The Labute approximate surface area is 376 Å². The minimum atomic E-state index is -1.48. The summed E-state index contributed by atoms with van der Waals surface area (Å²) in [7, 11) is 0. The molecular weight excluding hydrogens is 873 g/mol. The Balaban J connectivity index is 1.68. The summed E-state index contributed by atoms with van der Waals surface area (Å²) in [6.45, 7) is 2.34. The molecule has 3 heterocycles. The number of nitrogens with two attached hydrogens (primary N) is 2. The Hall–Kier alpha value is -6.49. The topological polar surface area (TPSA) is 332 Å². The Bertz CT molecular complexity index is 2200. The number of hydrogen-bond donors (Lipinski definition) is 10. The average molecular weight is 927 g/mol. The normalized spacial score (nSPS) is 22.8. The maximum absolute atomic E-state index is 14.0. The van der Waals surface area contributed by atoms with Gasteiger partial charge in [0.1, 0.15) is 36.3 Å². The van der Waals surface area contributed by atoms with Gasteiger partial charge in [-0.2, -0.15) is 0 Å². The molecule has 0 fully saturated rings. The van der Waals surface area contributed by atoms with Gasteiger partial charge in [-0.05, 0) is 56.0 Å². The van der Waals surface area contributed by atoms with E-state index in [-0.39, 0.29) is 31.4 Å². The number of nitrogens with zero attached hydrogens (tertiary/aromatic N) is 1. The first-order valence-electron chi connectivity index (χ1n) is 20.5. The third-order valence-corrected chi connectivity index (χ3v) is 12.3. The van der Waals surface area contributed by atoms with Crippen molar-refractivity contribution in [1.82, 2.24) is 41.8 Å². The van der Waals surface area contributed by atoms with E-state index in [9.17, 15) is 53.1 Å². The van der Waals surface area contributed by atoms with Crippen molar-refractivity contribution in [3.8, 4) is 0 Å². The molecule has 64 heavy (non-hydrogen) atoms. The van der Waals surface area contributed by atoms with Crippen molar-refractivity contribution < 1.29 is 53.1 Å². The highest BCUT2D eigenvalue weighted by molar-refractivity contribution is 7.99. The largest absolute Gasteiger partial charge is 0.481 e. The van der Waals surface area contributed by atoms with Gasteiger partial charge in [0.2, 0.25) is 53.2 Å². The first-order chi connectivity index (χ1) is 30.4. The van der Waals surface area contributed by atoms with Gasteiger partial charge in [-0.1, -0.05) is 30.3 Å². The number of carbonyl (C=O) groups is 10. The van der Waals surface area contributed by atoms with Crippen molar-refractivity contribution in [2.75, 3.05) is 12.3 Å². The molecule has 1 aliphatic heterocycles. The van der Waals surface area contributed by atoms with Gasteiger partial charge in [0.25, 0.3) is 0 Å². The van der Waals surface area contributed by atoms with Crippen molar-refractivity contribution >= 4 is 92.3 Å². The van der Waals surface area contributed by atoms with Crippen LogP contribution in [-0.4, -0.2) is 117 Å². The molecule has 346 valence electrons. The number of carbonyl (C=O) groups excluding carboxylic acids is 9. The number of amides is 9. The number of aliphatic carboxylic acids is 1. The lowest BCUT2D eigenvalue weighted by molar-refractivity contribution is -0.138. The number of fused-ring (bicyclic) bond motifs is 3. The van der Waals surface area contributed by atoms with Crippen molar-refractivity contribution in [2.45, 2.75) is 113 Å². The highest BCUT2D eigenvalue weighted by Gasteiger charge is 2.32. The molecule has 2 aromatic heterocycles.